The highest BCUT2D eigenvalue weighted by Gasteiger charge is 2.23. The fourth-order valence-corrected chi connectivity index (χ4v) is 2.44. The number of hydrogen-bond donors (Lipinski definition) is 1. The normalized spacial score (nSPS) is 16.7. The first-order valence-electron chi connectivity index (χ1n) is 6.22. The average Bonchev–Trinajstić information content (AvgIpc) is 2.87. The third kappa shape index (κ3) is 4.29. The van der Waals surface area contributed by atoms with E-state index in [0.29, 0.717) is 18.4 Å². The molecule has 0 saturated carbocycles. The van der Waals surface area contributed by atoms with Crippen molar-refractivity contribution in [2.24, 2.45) is 0 Å². The van der Waals surface area contributed by atoms with Gasteiger partial charge in [-0.05, 0) is 18.9 Å². The minimum atomic E-state index is -0.102. The van der Waals surface area contributed by atoms with Gasteiger partial charge in [-0.1, -0.05) is 0 Å². The van der Waals surface area contributed by atoms with Crippen molar-refractivity contribution >= 4 is 17.6 Å². The topological polar surface area (TPSA) is 73.3 Å². The molecule has 2 heterocycles. The third-order valence-electron chi connectivity index (χ3n) is 2.81. The van der Waals surface area contributed by atoms with Crippen LogP contribution in [0.5, 0.6) is 5.88 Å². The molecule has 1 saturated heterocycles. The van der Waals surface area contributed by atoms with Crippen LogP contribution in [0, 0.1) is 0 Å². The molecular formula is C12H17N3O3S. The largest absolute Gasteiger partial charge is 0.471 e. The van der Waals surface area contributed by atoms with E-state index in [1.54, 1.807) is 12.3 Å². The van der Waals surface area contributed by atoms with Crippen molar-refractivity contribution in [3.8, 4) is 5.88 Å². The Kier molecular flexibility index (Phi) is 5.29. The lowest BCUT2D eigenvalue weighted by Crippen LogP contribution is -2.15. The number of nitrogens with one attached hydrogen (secondary N) is 1. The summed E-state index contributed by atoms with van der Waals surface area (Å²) in [5.74, 6) is 0.876. The zero-order valence-corrected chi connectivity index (χ0v) is 11.6. The lowest BCUT2D eigenvalue weighted by Gasteiger charge is -2.20. The number of nitrogens with zero attached hydrogens (tertiary/aromatic N) is 2. The van der Waals surface area contributed by atoms with Crippen LogP contribution < -0.4 is 10.1 Å². The van der Waals surface area contributed by atoms with Crippen molar-refractivity contribution in [3.63, 3.8) is 0 Å². The highest BCUT2D eigenvalue weighted by molar-refractivity contribution is 6.99. The van der Waals surface area contributed by atoms with E-state index in [1.165, 1.54) is 18.7 Å². The predicted molar refractivity (Wildman–Crippen MR) is 71.2 cm³/mol. The molecule has 1 aromatic heterocycles. The van der Waals surface area contributed by atoms with Gasteiger partial charge < -0.3 is 14.8 Å². The average molecular weight is 283 g/mol. The van der Waals surface area contributed by atoms with Crippen LogP contribution in [0.25, 0.3) is 0 Å². The summed E-state index contributed by atoms with van der Waals surface area (Å²) in [5.41, 5.74) is 0.932. The second-order valence-electron chi connectivity index (χ2n) is 4.26. The fourth-order valence-electron chi connectivity index (χ4n) is 1.86. The summed E-state index contributed by atoms with van der Waals surface area (Å²) >= 11 is 1.17. The first kappa shape index (κ1) is 14.0. The predicted octanol–water partition coefficient (Wildman–Crippen LogP) is 1.46. The number of aromatic nitrogens is 2. The summed E-state index contributed by atoms with van der Waals surface area (Å²) in [7, 11) is 0. The molecule has 1 aromatic rings. The van der Waals surface area contributed by atoms with E-state index in [1.807, 2.05) is 0 Å². The zero-order chi connectivity index (χ0) is 13.5. The molecule has 1 aliphatic heterocycles. The first-order valence-corrected chi connectivity index (χ1v) is 6.95. The molecule has 0 atom stereocenters. The lowest BCUT2D eigenvalue weighted by atomic mass is 9.97. The zero-order valence-electron chi connectivity index (χ0n) is 10.8. The quantitative estimate of drug-likeness (QED) is 0.885. The molecule has 0 aromatic carbocycles. The van der Waals surface area contributed by atoms with Gasteiger partial charge in [-0.2, -0.15) is 4.37 Å². The van der Waals surface area contributed by atoms with Gasteiger partial charge in [0.25, 0.3) is 0 Å². The van der Waals surface area contributed by atoms with Gasteiger partial charge >= 0.3 is 0 Å². The Morgan fingerprint density at radius 3 is 3.05 bits per heavy atom. The van der Waals surface area contributed by atoms with Gasteiger partial charge in [0.05, 0.1) is 11.7 Å². The van der Waals surface area contributed by atoms with E-state index < -0.39 is 0 Å². The molecule has 0 bridgehead atoms. The molecule has 6 nitrogen and oxygen atoms in total. The Morgan fingerprint density at radius 2 is 2.32 bits per heavy atom. The van der Waals surface area contributed by atoms with Crippen LogP contribution in [-0.2, 0) is 9.53 Å². The van der Waals surface area contributed by atoms with Crippen molar-refractivity contribution in [3.05, 3.63) is 18.0 Å². The number of carbonyl (C=O) groups is 1. The van der Waals surface area contributed by atoms with Crippen LogP contribution in [0.15, 0.2) is 12.3 Å². The van der Waals surface area contributed by atoms with Gasteiger partial charge in [-0.25, -0.2) is 0 Å². The van der Waals surface area contributed by atoms with Crippen molar-refractivity contribution < 1.29 is 14.3 Å². The standard InChI is InChI=1S/C12H17N3O3S/c1-9(16)13-5-2-6-18-12-11(14-19-15-12)10-3-7-17-8-4-10/h2,5,10H,3-4,6-8H2,1H3,(H,13,16)/b5-2+. The monoisotopic (exact) mass is 283 g/mol. The maximum Gasteiger partial charge on any atom is 0.249 e. The molecule has 1 aliphatic rings. The number of ether oxygens (including phenoxy) is 2. The molecule has 0 unspecified atom stereocenters. The van der Waals surface area contributed by atoms with E-state index >= 15 is 0 Å². The maximum absolute atomic E-state index is 10.7. The minimum Gasteiger partial charge on any atom is -0.471 e. The van der Waals surface area contributed by atoms with Gasteiger partial charge in [0.15, 0.2) is 0 Å². The second kappa shape index (κ2) is 7.20. The highest BCUT2D eigenvalue weighted by Crippen LogP contribution is 2.31. The Labute approximate surface area is 116 Å². The summed E-state index contributed by atoms with van der Waals surface area (Å²) in [6.07, 6.45) is 5.22. The van der Waals surface area contributed by atoms with Gasteiger partial charge in [-0.15, -0.1) is 4.37 Å². The Morgan fingerprint density at radius 1 is 1.53 bits per heavy atom. The lowest BCUT2D eigenvalue weighted by molar-refractivity contribution is -0.118. The molecule has 1 amide bonds. The van der Waals surface area contributed by atoms with Crippen LogP contribution in [0.3, 0.4) is 0 Å². The fraction of sp³-hybridized carbons (Fsp3) is 0.583. The molecule has 0 aliphatic carbocycles. The summed E-state index contributed by atoms with van der Waals surface area (Å²) in [6, 6.07) is 0. The van der Waals surface area contributed by atoms with E-state index in [2.05, 4.69) is 14.1 Å². The van der Waals surface area contributed by atoms with Crippen LogP contribution >= 0.6 is 11.7 Å². The number of carbonyl (C=O) groups excluding carboxylic acids is 1. The molecule has 0 spiro atoms. The summed E-state index contributed by atoms with van der Waals surface area (Å²) in [6.45, 7) is 3.36. The SMILES string of the molecule is CC(=O)N/C=C/COc1nsnc1C1CCOCC1. The smallest absolute Gasteiger partial charge is 0.249 e. The number of rotatable bonds is 5. The summed E-state index contributed by atoms with van der Waals surface area (Å²) < 4.78 is 19.4. The molecular weight excluding hydrogens is 266 g/mol. The molecule has 7 heteroatoms. The summed E-state index contributed by atoms with van der Waals surface area (Å²) in [4.78, 5) is 10.7. The number of hydrogen-bond acceptors (Lipinski definition) is 6. The van der Waals surface area contributed by atoms with Crippen LogP contribution in [0.1, 0.15) is 31.4 Å². The first-order chi connectivity index (χ1) is 9.27. The van der Waals surface area contributed by atoms with Gasteiger partial charge in [-0.3, -0.25) is 4.79 Å². The van der Waals surface area contributed by atoms with Gasteiger partial charge in [0.2, 0.25) is 11.8 Å². The molecule has 1 fully saturated rings. The highest BCUT2D eigenvalue weighted by atomic mass is 32.1. The van der Waals surface area contributed by atoms with Crippen molar-refractivity contribution in [1.29, 1.82) is 0 Å². The maximum atomic E-state index is 10.7. The molecule has 1 N–H and O–H groups in total. The van der Waals surface area contributed by atoms with E-state index in [0.717, 1.165) is 31.7 Å². The molecule has 104 valence electrons. The Balaban J connectivity index is 1.85. The minimum absolute atomic E-state index is 0.102. The van der Waals surface area contributed by atoms with Crippen LogP contribution in [-0.4, -0.2) is 34.5 Å². The molecule has 2 rings (SSSR count). The second-order valence-corrected chi connectivity index (χ2v) is 4.78. The molecule has 19 heavy (non-hydrogen) atoms. The van der Waals surface area contributed by atoms with Gasteiger partial charge in [0.1, 0.15) is 12.3 Å². The Hall–Kier alpha value is -1.47. The van der Waals surface area contributed by atoms with Crippen molar-refractivity contribution in [2.75, 3.05) is 19.8 Å². The Bertz CT molecular complexity index is 441. The van der Waals surface area contributed by atoms with E-state index in [-0.39, 0.29) is 5.91 Å². The number of amides is 1. The van der Waals surface area contributed by atoms with Gasteiger partial charge in [0, 0.05) is 32.3 Å². The third-order valence-corrected chi connectivity index (χ3v) is 3.34. The van der Waals surface area contributed by atoms with Crippen LogP contribution in [0.4, 0.5) is 0 Å². The van der Waals surface area contributed by atoms with E-state index in [4.69, 9.17) is 9.47 Å². The van der Waals surface area contributed by atoms with Crippen molar-refractivity contribution in [1.82, 2.24) is 14.1 Å². The molecule has 0 radical (unpaired) electrons. The summed E-state index contributed by atoms with van der Waals surface area (Å²) in [5, 5.41) is 2.55. The van der Waals surface area contributed by atoms with E-state index in [9.17, 15) is 4.79 Å². The van der Waals surface area contributed by atoms with Crippen LogP contribution in [0.2, 0.25) is 0 Å². The van der Waals surface area contributed by atoms with Crippen molar-refractivity contribution in [2.45, 2.75) is 25.7 Å².